The van der Waals surface area contributed by atoms with Gasteiger partial charge in [-0.05, 0) is 56.3 Å². The van der Waals surface area contributed by atoms with Crippen molar-refractivity contribution in [2.75, 3.05) is 0 Å². The monoisotopic (exact) mass is 378 g/mol. The molecule has 140 valence electrons. The van der Waals surface area contributed by atoms with Crippen molar-refractivity contribution in [2.24, 2.45) is 17.8 Å². The van der Waals surface area contributed by atoms with E-state index in [2.05, 4.69) is 39.3 Å². The summed E-state index contributed by atoms with van der Waals surface area (Å²) < 4.78 is 12.6. The number of cyclic esters (lactones) is 1. The van der Waals surface area contributed by atoms with E-state index in [1.165, 1.54) is 43.7 Å². The van der Waals surface area contributed by atoms with Crippen LogP contribution in [-0.2, 0) is 14.3 Å². The molecule has 1 unspecified atom stereocenters. The van der Waals surface area contributed by atoms with Crippen molar-refractivity contribution in [3.63, 3.8) is 0 Å². The summed E-state index contributed by atoms with van der Waals surface area (Å²) in [4.78, 5) is 12.8. The van der Waals surface area contributed by atoms with Crippen molar-refractivity contribution in [3.8, 4) is 0 Å². The van der Waals surface area contributed by atoms with Crippen LogP contribution < -0.4 is 0 Å². The highest BCUT2D eigenvalue weighted by atomic mass is 28.3. The summed E-state index contributed by atoms with van der Waals surface area (Å²) in [5.74, 6) is 3.14. The molecule has 4 bridgehead atoms. The fourth-order valence-corrected chi connectivity index (χ4v) is 12.4. The summed E-state index contributed by atoms with van der Waals surface area (Å²) in [5, 5.41) is 1.27. The molecule has 3 nitrogen and oxygen atoms in total. The highest BCUT2D eigenvalue weighted by Gasteiger charge is 2.56. The van der Waals surface area contributed by atoms with Gasteiger partial charge >= 0.3 is 5.97 Å². The summed E-state index contributed by atoms with van der Waals surface area (Å²) in [6.07, 6.45) is 7.74. The van der Waals surface area contributed by atoms with Gasteiger partial charge in [-0.15, -0.1) is 0 Å². The Morgan fingerprint density at radius 1 is 0.920 bits per heavy atom. The fraction of sp³-hybridized carbons (Fsp3) is 0.850. The lowest BCUT2D eigenvalue weighted by Crippen LogP contribution is -2.52. The smallest absolute Gasteiger partial charge is 0.317 e. The van der Waals surface area contributed by atoms with E-state index in [1.807, 2.05) is 0 Å². The number of ether oxygens (including phenoxy) is 2. The Kier molecular flexibility index (Phi) is 3.91. The van der Waals surface area contributed by atoms with Gasteiger partial charge in [-0.25, -0.2) is 0 Å². The first kappa shape index (κ1) is 17.8. The lowest BCUT2D eigenvalue weighted by atomic mass is 9.54. The van der Waals surface area contributed by atoms with Gasteiger partial charge in [0.2, 0.25) is 0 Å². The normalized spacial score (nSPS) is 40.6. The van der Waals surface area contributed by atoms with E-state index in [1.54, 1.807) is 0 Å². The van der Waals surface area contributed by atoms with Crippen molar-refractivity contribution in [3.05, 3.63) is 11.1 Å². The standard InChI is InChI=1S/C20H34O3Si2/c1-24(2,3)16-17(25(4,5)6)19(22-18(16)21)23-20-10-13-7-14(11-20)9-15(8-13)12-20/h13-16H,7-12H2,1-6H3. The van der Waals surface area contributed by atoms with Crippen LogP contribution in [0.5, 0.6) is 0 Å². The van der Waals surface area contributed by atoms with E-state index in [0.717, 1.165) is 17.8 Å². The lowest BCUT2D eigenvalue weighted by Gasteiger charge is -2.56. The molecule has 1 atom stereocenters. The number of rotatable bonds is 4. The zero-order valence-electron chi connectivity index (χ0n) is 16.8. The molecule has 0 amide bonds. The molecule has 0 spiro atoms. The number of carbonyl (C=O) groups excluding carboxylic acids is 1. The summed E-state index contributed by atoms with van der Waals surface area (Å²) in [6.45, 7) is 13.9. The Hall–Kier alpha value is -0.556. The van der Waals surface area contributed by atoms with Crippen molar-refractivity contribution in [2.45, 2.75) is 88.9 Å². The van der Waals surface area contributed by atoms with Gasteiger partial charge in [0, 0.05) is 5.20 Å². The van der Waals surface area contributed by atoms with E-state index in [9.17, 15) is 4.79 Å². The third kappa shape index (κ3) is 3.05. The molecule has 1 aliphatic heterocycles. The zero-order valence-corrected chi connectivity index (χ0v) is 18.8. The first-order valence-corrected chi connectivity index (χ1v) is 17.2. The summed E-state index contributed by atoms with van der Waals surface area (Å²) in [6, 6.07) is 0. The Morgan fingerprint density at radius 3 is 1.80 bits per heavy atom. The van der Waals surface area contributed by atoms with Crippen LogP contribution in [0.4, 0.5) is 0 Å². The van der Waals surface area contributed by atoms with Gasteiger partial charge in [-0.3, -0.25) is 4.79 Å². The van der Waals surface area contributed by atoms with E-state index >= 15 is 0 Å². The van der Waals surface area contributed by atoms with Crippen LogP contribution >= 0.6 is 0 Å². The summed E-state index contributed by atoms with van der Waals surface area (Å²) in [7, 11) is -3.38. The molecule has 4 fully saturated rings. The average Bonchev–Trinajstić information content (AvgIpc) is 2.72. The largest absolute Gasteiger partial charge is 0.459 e. The van der Waals surface area contributed by atoms with Crippen molar-refractivity contribution < 1.29 is 14.3 Å². The second-order valence-corrected chi connectivity index (χ2v) is 21.7. The Morgan fingerprint density at radius 2 is 1.40 bits per heavy atom. The zero-order chi connectivity index (χ0) is 18.2. The van der Waals surface area contributed by atoms with Crippen molar-refractivity contribution in [1.29, 1.82) is 0 Å². The molecule has 25 heavy (non-hydrogen) atoms. The second kappa shape index (κ2) is 5.47. The summed E-state index contributed by atoms with van der Waals surface area (Å²) in [5.41, 5.74) is -0.0491. The van der Waals surface area contributed by atoms with Crippen LogP contribution in [0.15, 0.2) is 11.1 Å². The number of carbonyl (C=O) groups is 1. The number of hydrogen-bond acceptors (Lipinski definition) is 3. The first-order chi connectivity index (χ1) is 11.5. The molecular weight excluding hydrogens is 344 g/mol. The molecule has 0 aromatic rings. The molecule has 5 heteroatoms. The lowest BCUT2D eigenvalue weighted by molar-refractivity contribution is -0.173. The Balaban J connectivity index is 1.69. The van der Waals surface area contributed by atoms with E-state index < -0.39 is 16.1 Å². The van der Waals surface area contributed by atoms with Gasteiger partial charge in [0.1, 0.15) is 5.60 Å². The van der Waals surface area contributed by atoms with Gasteiger partial charge in [0.05, 0.1) is 21.7 Å². The molecular formula is C20H34O3Si2. The Labute approximate surface area is 154 Å². The van der Waals surface area contributed by atoms with Crippen LogP contribution in [0.3, 0.4) is 0 Å². The van der Waals surface area contributed by atoms with Crippen LogP contribution in [0, 0.1) is 17.8 Å². The van der Waals surface area contributed by atoms with Crippen LogP contribution in [0.1, 0.15) is 38.5 Å². The SMILES string of the molecule is C[Si](C)(C)C1=C(OC23CC4CC(CC(C4)C2)C3)OC(=O)C1[Si](C)(C)C. The first-order valence-electron chi connectivity index (χ1n) is 10.1. The molecule has 1 heterocycles. The predicted molar refractivity (Wildman–Crippen MR) is 106 cm³/mol. The molecule has 0 N–H and O–H groups in total. The molecule has 0 aromatic carbocycles. The van der Waals surface area contributed by atoms with Crippen molar-refractivity contribution in [1.82, 2.24) is 0 Å². The quantitative estimate of drug-likeness (QED) is 0.490. The molecule has 4 aliphatic carbocycles. The van der Waals surface area contributed by atoms with Crippen molar-refractivity contribution >= 4 is 22.1 Å². The topological polar surface area (TPSA) is 35.5 Å². The Bertz CT molecular complexity index is 589. The number of esters is 1. The molecule has 5 aliphatic rings. The maximum atomic E-state index is 12.8. The summed E-state index contributed by atoms with van der Waals surface area (Å²) >= 11 is 0. The molecule has 0 saturated heterocycles. The maximum Gasteiger partial charge on any atom is 0.317 e. The van der Waals surface area contributed by atoms with Gasteiger partial charge in [0.15, 0.2) is 0 Å². The van der Waals surface area contributed by atoms with Crippen LogP contribution in [-0.4, -0.2) is 27.7 Å². The van der Waals surface area contributed by atoms with Crippen LogP contribution in [0.2, 0.25) is 44.8 Å². The fourth-order valence-electron chi connectivity index (χ4n) is 6.40. The van der Waals surface area contributed by atoms with E-state index in [4.69, 9.17) is 9.47 Å². The molecule has 0 radical (unpaired) electrons. The van der Waals surface area contributed by atoms with E-state index in [-0.39, 0.29) is 17.1 Å². The molecule has 5 rings (SSSR count). The van der Waals surface area contributed by atoms with Crippen LogP contribution in [0.25, 0.3) is 0 Å². The second-order valence-electron chi connectivity index (χ2n) is 11.4. The maximum absolute atomic E-state index is 12.8. The molecule has 0 aromatic heterocycles. The minimum atomic E-state index is -1.69. The highest BCUT2D eigenvalue weighted by Crippen LogP contribution is 2.58. The average molecular weight is 379 g/mol. The predicted octanol–water partition coefficient (Wildman–Crippen LogP) is 5.33. The van der Waals surface area contributed by atoms with Gasteiger partial charge in [0.25, 0.3) is 5.95 Å². The number of hydrogen-bond donors (Lipinski definition) is 0. The highest BCUT2D eigenvalue weighted by molar-refractivity contribution is 6.90. The minimum Gasteiger partial charge on any atom is -0.459 e. The van der Waals surface area contributed by atoms with Gasteiger partial charge in [-0.1, -0.05) is 39.3 Å². The van der Waals surface area contributed by atoms with Gasteiger partial charge < -0.3 is 9.47 Å². The van der Waals surface area contributed by atoms with Gasteiger partial charge in [-0.2, -0.15) is 0 Å². The van der Waals surface area contributed by atoms with E-state index in [0.29, 0.717) is 5.95 Å². The third-order valence-electron chi connectivity index (χ3n) is 6.90. The third-order valence-corrected chi connectivity index (χ3v) is 11.6. The minimum absolute atomic E-state index is 0.0110. The molecule has 4 saturated carbocycles.